The van der Waals surface area contributed by atoms with E-state index in [1.165, 1.54) is 0 Å². The van der Waals surface area contributed by atoms with Gasteiger partial charge in [0.15, 0.2) is 0 Å². The fourth-order valence-corrected chi connectivity index (χ4v) is 1.48. The van der Waals surface area contributed by atoms with Gasteiger partial charge >= 0.3 is 0 Å². The number of pyridine rings is 1. The Kier molecular flexibility index (Phi) is 3.63. The third-order valence-corrected chi connectivity index (χ3v) is 2.16. The van der Waals surface area contributed by atoms with Gasteiger partial charge in [-0.05, 0) is 30.0 Å². The molecule has 1 atom stereocenters. The fourth-order valence-electron chi connectivity index (χ4n) is 1.48. The van der Waals surface area contributed by atoms with Gasteiger partial charge in [0.2, 0.25) is 5.91 Å². The van der Waals surface area contributed by atoms with Gasteiger partial charge in [-0.1, -0.05) is 13.8 Å². The Morgan fingerprint density at radius 2 is 2.00 bits per heavy atom. The van der Waals surface area contributed by atoms with Gasteiger partial charge < -0.3 is 5.73 Å². The summed E-state index contributed by atoms with van der Waals surface area (Å²) >= 11 is 0. The minimum absolute atomic E-state index is 0.182. The lowest BCUT2D eigenvalue weighted by atomic mass is 9.90. The van der Waals surface area contributed by atoms with Crippen LogP contribution in [0.15, 0.2) is 24.5 Å². The van der Waals surface area contributed by atoms with Crippen LogP contribution >= 0.6 is 0 Å². The van der Waals surface area contributed by atoms with Crippen molar-refractivity contribution in [2.24, 2.45) is 11.7 Å². The number of hydrogen-bond acceptors (Lipinski definition) is 2. The molecule has 1 heterocycles. The molecule has 1 rings (SSSR count). The van der Waals surface area contributed by atoms with Gasteiger partial charge in [-0.3, -0.25) is 9.78 Å². The van der Waals surface area contributed by atoms with E-state index in [9.17, 15) is 4.79 Å². The van der Waals surface area contributed by atoms with Gasteiger partial charge in [0, 0.05) is 12.4 Å². The molecule has 1 unspecified atom stereocenters. The van der Waals surface area contributed by atoms with Crippen molar-refractivity contribution in [3.05, 3.63) is 30.1 Å². The molecule has 0 aliphatic heterocycles. The van der Waals surface area contributed by atoms with Crippen LogP contribution in [0.3, 0.4) is 0 Å². The lowest BCUT2D eigenvalue weighted by Crippen LogP contribution is -2.22. The second-order valence-corrected chi connectivity index (χ2v) is 3.87. The van der Waals surface area contributed by atoms with Gasteiger partial charge in [0.25, 0.3) is 0 Å². The average molecular weight is 192 g/mol. The zero-order valence-corrected chi connectivity index (χ0v) is 8.60. The molecule has 1 aromatic rings. The number of nitrogens with two attached hydrogens (primary N) is 1. The average Bonchev–Trinajstić information content (AvgIpc) is 2.15. The maximum absolute atomic E-state index is 11.2. The molecule has 0 fully saturated rings. The third-order valence-electron chi connectivity index (χ3n) is 2.16. The van der Waals surface area contributed by atoms with Crippen molar-refractivity contribution in [2.45, 2.75) is 26.2 Å². The number of hydrogen-bond donors (Lipinski definition) is 1. The third kappa shape index (κ3) is 2.83. The number of nitrogens with zero attached hydrogens (tertiary/aromatic N) is 1. The van der Waals surface area contributed by atoms with Crippen molar-refractivity contribution >= 4 is 5.91 Å². The zero-order valence-electron chi connectivity index (χ0n) is 8.60. The van der Waals surface area contributed by atoms with Crippen LogP contribution in [-0.4, -0.2) is 10.9 Å². The van der Waals surface area contributed by atoms with E-state index in [1.54, 1.807) is 12.4 Å². The van der Waals surface area contributed by atoms with Crippen LogP contribution in [0.2, 0.25) is 0 Å². The normalized spacial score (nSPS) is 12.8. The highest BCUT2D eigenvalue weighted by molar-refractivity contribution is 5.81. The molecular weight excluding hydrogens is 176 g/mol. The van der Waals surface area contributed by atoms with E-state index in [0.717, 1.165) is 12.0 Å². The molecule has 3 nitrogen and oxygen atoms in total. The minimum atomic E-state index is -0.259. The maximum atomic E-state index is 11.2. The Bertz CT molecular complexity index is 295. The lowest BCUT2D eigenvalue weighted by molar-refractivity contribution is -0.119. The highest BCUT2D eigenvalue weighted by atomic mass is 16.1. The molecule has 0 saturated carbocycles. The smallest absolute Gasteiger partial charge is 0.224 e. The van der Waals surface area contributed by atoms with Crippen molar-refractivity contribution in [1.82, 2.24) is 4.98 Å². The molecule has 76 valence electrons. The quantitative estimate of drug-likeness (QED) is 0.789. The minimum Gasteiger partial charge on any atom is -0.369 e. The van der Waals surface area contributed by atoms with Crippen LogP contribution < -0.4 is 5.73 Å². The Balaban J connectivity index is 2.84. The summed E-state index contributed by atoms with van der Waals surface area (Å²) in [6.45, 7) is 4.16. The van der Waals surface area contributed by atoms with Crippen molar-refractivity contribution < 1.29 is 4.79 Å². The molecule has 0 bridgehead atoms. The number of primary amides is 1. The Morgan fingerprint density at radius 3 is 2.43 bits per heavy atom. The fraction of sp³-hybridized carbons (Fsp3) is 0.455. The number of rotatable bonds is 4. The molecule has 3 heteroatoms. The van der Waals surface area contributed by atoms with E-state index >= 15 is 0 Å². The summed E-state index contributed by atoms with van der Waals surface area (Å²) < 4.78 is 0. The first kappa shape index (κ1) is 10.7. The van der Waals surface area contributed by atoms with Crippen molar-refractivity contribution in [3.63, 3.8) is 0 Å². The molecule has 0 spiro atoms. The summed E-state index contributed by atoms with van der Waals surface area (Å²) in [5.74, 6) is 0.0172. The van der Waals surface area contributed by atoms with Crippen molar-refractivity contribution in [2.75, 3.05) is 0 Å². The second-order valence-electron chi connectivity index (χ2n) is 3.87. The first-order valence-corrected chi connectivity index (χ1v) is 4.80. The molecule has 1 amide bonds. The molecule has 0 saturated heterocycles. The van der Waals surface area contributed by atoms with Gasteiger partial charge in [-0.2, -0.15) is 0 Å². The van der Waals surface area contributed by atoms with Crippen molar-refractivity contribution in [1.29, 1.82) is 0 Å². The second kappa shape index (κ2) is 4.74. The van der Waals surface area contributed by atoms with Crippen LogP contribution in [0.1, 0.15) is 31.7 Å². The highest BCUT2D eigenvalue weighted by Crippen LogP contribution is 2.22. The van der Waals surface area contributed by atoms with Gasteiger partial charge in [0.05, 0.1) is 5.92 Å². The molecule has 1 aromatic heterocycles. The Hall–Kier alpha value is -1.38. The van der Waals surface area contributed by atoms with Crippen LogP contribution in [0.4, 0.5) is 0 Å². The maximum Gasteiger partial charge on any atom is 0.224 e. The van der Waals surface area contributed by atoms with Crippen LogP contribution in [-0.2, 0) is 4.79 Å². The standard InChI is InChI=1S/C11H16N2O/c1-8(2)7-10(11(12)14)9-3-5-13-6-4-9/h3-6,8,10H,7H2,1-2H3,(H2,12,14). The van der Waals surface area contributed by atoms with Crippen LogP contribution in [0, 0.1) is 5.92 Å². The summed E-state index contributed by atoms with van der Waals surface area (Å²) in [7, 11) is 0. The van der Waals surface area contributed by atoms with E-state index in [2.05, 4.69) is 18.8 Å². The van der Waals surface area contributed by atoms with Crippen LogP contribution in [0.5, 0.6) is 0 Å². The van der Waals surface area contributed by atoms with E-state index in [-0.39, 0.29) is 11.8 Å². The topological polar surface area (TPSA) is 56.0 Å². The first-order chi connectivity index (χ1) is 6.61. The predicted octanol–water partition coefficient (Wildman–Crippen LogP) is 1.70. The number of carbonyl (C=O) groups is 1. The van der Waals surface area contributed by atoms with Gasteiger partial charge in [0.1, 0.15) is 0 Å². The predicted molar refractivity (Wildman–Crippen MR) is 55.6 cm³/mol. The molecule has 0 aliphatic carbocycles. The first-order valence-electron chi connectivity index (χ1n) is 4.80. The monoisotopic (exact) mass is 192 g/mol. The van der Waals surface area contributed by atoms with Gasteiger partial charge in [-0.15, -0.1) is 0 Å². The number of aromatic nitrogens is 1. The Labute approximate surface area is 84.3 Å². The summed E-state index contributed by atoms with van der Waals surface area (Å²) in [4.78, 5) is 15.2. The summed E-state index contributed by atoms with van der Waals surface area (Å²) in [6.07, 6.45) is 4.16. The molecule has 0 radical (unpaired) electrons. The summed E-state index contributed by atoms with van der Waals surface area (Å²) in [5, 5.41) is 0. The van der Waals surface area contributed by atoms with E-state index in [4.69, 9.17) is 5.73 Å². The van der Waals surface area contributed by atoms with E-state index < -0.39 is 0 Å². The summed E-state index contributed by atoms with van der Waals surface area (Å²) in [6, 6.07) is 3.69. The molecular formula is C11H16N2O. The zero-order chi connectivity index (χ0) is 10.6. The highest BCUT2D eigenvalue weighted by Gasteiger charge is 2.18. The largest absolute Gasteiger partial charge is 0.369 e. The Morgan fingerprint density at radius 1 is 1.43 bits per heavy atom. The van der Waals surface area contributed by atoms with Gasteiger partial charge in [-0.25, -0.2) is 0 Å². The lowest BCUT2D eigenvalue weighted by Gasteiger charge is -2.15. The molecule has 2 N–H and O–H groups in total. The molecule has 0 aliphatic rings. The molecule has 14 heavy (non-hydrogen) atoms. The van der Waals surface area contributed by atoms with Crippen molar-refractivity contribution in [3.8, 4) is 0 Å². The number of carbonyl (C=O) groups excluding carboxylic acids is 1. The number of amides is 1. The molecule has 0 aromatic carbocycles. The van der Waals surface area contributed by atoms with E-state index in [0.29, 0.717) is 5.92 Å². The van der Waals surface area contributed by atoms with Crippen LogP contribution in [0.25, 0.3) is 0 Å². The summed E-state index contributed by atoms with van der Waals surface area (Å²) in [5.41, 5.74) is 6.32. The SMILES string of the molecule is CC(C)CC(C(N)=O)c1ccncc1. The van der Waals surface area contributed by atoms with E-state index in [1.807, 2.05) is 12.1 Å².